The van der Waals surface area contributed by atoms with Crippen molar-refractivity contribution in [2.45, 2.75) is 674 Å². The van der Waals surface area contributed by atoms with Crippen LogP contribution in [0.4, 0.5) is 0 Å². The van der Waals surface area contributed by atoms with E-state index in [2.05, 4.69) is 194 Å². The Balaban J connectivity index is -0.000000207. The minimum atomic E-state index is 0.969. The Morgan fingerprint density at radius 1 is 0.153 bits per heavy atom. The van der Waals surface area contributed by atoms with E-state index in [0.29, 0.717) is 0 Å². The van der Waals surface area contributed by atoms with Gasteiger partial charge in [-0.1, -0.05) is 609 Å². The monoisotopic (exact) mass is 1730 g/mol. The molecule has 0 bridgehead atoms. The van der Waals surface area contributed by atoms with E-state index in [-0.39, 0.29) is 0 Å². The summed E-state index contributed by atoms with van der Waals surface area (Å²) in [6, 6.07) is 0. The molecule has 0 rings (SSSR count). The van der Waals surface area contributed by atoms with Gasteiger partial charge in [-0.3, -0.25) is 0 Å². The summed E-state index contributed by atoms with van der Waals surface area (Å²) in [6.07, 6.45) is 168. The highest BCUT2D eigenvalue weighted by Gasteiger charge is 1.99. The number of hydrogen-bond acceptors (Lipinski definition) is 0. The highest BCUT2D eigenvalue weighted by atomic mass is 14.1. The van der Waals surface area contributed by atoms with Gasteiger partial charge in [0.15, 0.2) is 0 Å². The molecule has 0 amide bonds. The first kappa shape index (κ1) is 137. The van der Waals surface area contributed by atoms with E-state index < -0.39 is 0 Å². The van der Waals surface area contributed by atoms with Crippen LogP contribution in [-0.2, 0) is 0 Å². The van der Waals surface area contributed by atoms with Crippen molar-refractivity contribution in [3.63, 3.8) is 0 Å². The minimum absolute atomic E-state index is 0.969. The molecular formula is C124H242. The molecule has 0 aromatic rings. The van der Waals surface area contributed by atoms with Crippen molar-refractivity contribution >= 4 is 0 Å². The lowest BCUT2D eigenvalue weighted by Gasteiger charge is -2.02. The molecule has 0 saturated heterocycles. The van der Waals surface area contributed by atoms with Gasteiger partial charge in [-0.2, -0.15) is 0 Å². The first-order valence-electron chi connectivity index (χ1n) is 57.4. The molecule has 0 spiro atoms. The Morgan fingerprint density at radius 3 is 0.427 bits per heavy atom. The molecule has 0 saturated carbocycles. The van der Waals surface area contributed by atoms with Gasteiger partial charge >= 0.3 is 0 Å². The predicted molar refractivity (Wildman–Crippen MR) is 587 cm³/mol. The summed E-state index contributed by atoms with van der Waals surface area (Å²) in [4.78, 5) is 0. The second kappa shape index (κ2) is 154. The van der Waals surface area contributed by atoms with Gasteiger partial charge in [-0.05, 0) is 156 Å². The molecule has 0 aliphatic heterocycles. The van der Waals surface area contributed by atoms with E-state index >= 15 is 0 Å². The van der Waals surface area contributed by atoms with Crippen LogP contribution in [0, 0.1) is 12.3 Å². The van der Waals surface area contributed by atoms with Gasteiger partial charge in [-0.15, -0.1) is 25.5 Å². The molecule has 0 fully saturated rings. The van der Waals surface area contributed by atoms with E-state index in [4.69, 9.17) is 6.42 Å². The molecule has 0 aromatic carbocycles. The van der Waals surface area contributed by atoms with E-state index in [0.717, 1.165) is 19.3 Å². The van der Waals surface area contributed by atoms with Crippen LogP contribution < -0.4 is 0 Å². The third-order valence-electron chi connectivity index (χ3n) is 23.9. The predicted octanol–water partition coefficient (Wildman–Crippen LogP) is 47.5. The number of allylic oxidation sites excluding steroid dienone is 16. The van der Waals surface area contributed by atoms with Crippen LogP contribution >= 0.6 is 0 Å². The summed E-state index contributed by atoms with van der Waals surface area (Å²) in [5.41, 5.74) is 0. The lowest BCUT2D eigenvalue weighted by molar-refractivity contribution is 0.538. The Kier molecular flexibility index (Phi) is 170. The molecule has 0 N–H and O–H groups in total. The van der Waals surface area contributed by atoms with Crippen molar-refractivity contribution in [2.75, 3.05) is 0 Å². The average molecular weight is 1730 g/mol. The van der Waals surface area contributed by atoms with E-state index in [1.165, 1.54) is 565 Å². The third-order valence-corrected chi connectivity index (χ3v) is 23.9. The van der Waals surface area contributed by atoms with Gasteiger partial charge in [0.25, 0.3) is 0 Å². The minimum Gasteiger partial charge on any atom is -0.120 e. The second-order valence-corrected chi connectivity index (χ2v) is 37.1. The highest BCUT2D eigenvalue weighted by molar-refractivity contribution is 4.94. The van der Waals surface area contributed by atoms with Gasteiger partial charge in [-0.25, -0.2) is 0 Å². The number of terminal acetylenes is 1. The summed E-state index contributed by atoms with van der Waals surface area (Å²) in [6.45, 7) is 36.5. The Bertz CT molecular complexity index is 1890. The van der Waals surface area contributed by atoms with Gasteiger partial charge in [0.05, 0.1) is 0 Å². The molecular weight excluding hydrogens is 1490 g/mol. The number of unbranched alkanes of at least 4 members (excludes halogenated alkanes) is 79. The van der Waals surface area contributed by atoms with Crippen molar-refractivity contribution in [2.24, 2.45) is 0 Å². The van der Waals surface area contributed by atoms with Crippen molar-refractivity contribution in [1.82, 2.24) is 0 Å². The second-order valence-electron chi connectivity index (χ2n) is 37.1. The van der Waals surface area contributed by atoms with E-state index in [1.54, 1.807) is 0 Å². The SMILES string of the molecule is C#CCCCCCCCCCCCC.C/C=C/CCCCC/C=C\C/C=C\CCCCC.C/C=C/CCCCCCCCCCCCC.C=CCCCCCCCCC/C=C/C.C=CCCCCCCCCCCCC.CCCCC/C=C\C/C=C\CCCCCCCC.CCCCCCCCCCCCCC.CCCCCCCCCCCCCCCC. The number of rotatable bonds is 92. The van der Waals surface area contributed by atoms with Crippen molar-refractivity contribution in [1.29, 1.82) is 0 Å². The maximum Gasteiger partial charge on any atom is 0.00860 e. The maximum atomic E-state index is 5.19. The van der Waals surface area contributed by atoms with Crippen LogP contribution in [-0.4, -0.2) is 0 Å². The Hall–Kier alpha value is -2.78. The summed E-state index contributed by atoms with van der Waals surface area (Å²) in [5.74, 6) is 2.69. The van der Waals surface area contributed by atoms with Crippen LogP contribution in [0.15, 0.2) is 110 Å². The van der Waals surface area contributed by atoms with Crippen LogP contribution in [0.2, 0.25) is 0 Å². The lowest BCUT2D eigenvalue weighted by atomic mass is 10.0. The van der Waals surface area contributed by atoms with Gasteiger partial charge in [0.1, 0.15) is 0 Å². The standard InChI is InChI=1S/C18H34.C18H32.C16H34.C16H32.C14H30.C14H28.2C14H26/c2*1-3-5-7-9-11-13-15-17-18-16-14-12-10-8-6-4-2;2*1-3-5-7-9-11-13-15-16-14-12-10-8-6-4-2;4*1-3-5-7-9-11-13-14-12-10-8-6-4-2/h11,13,17-18H,3-10,12,14-16H2,1-2H3;3,5,12,14,17-18H,4,6-11,13,15-16H2,1-2H3;3-16H2,1-2H3;3,5H,4,6-16H2,1-2H3;3-14H2,1-2H3;3H,1,4-14H2,2H3;3-4,6H,1,5,7-14H2,2H3;1H,4-14H2,2H3/b13-11-,18-17-;5-3+,14-12-,18-17-;;5-3+;;;6-4+;. The smallest absolute Gasteiger partial charge is 0.00860 e. The van der Waals surface area contributed by atoms with Crippen molar-refractivity contribution < 1.29 is 0 Å². The quantitative estimate of drug-likeness (QED) is 0.0323. The first-order valence-corrected chi connectivity index (χ1v) is 57.4. The summed E-state index contributed by atoms with van der Waals surface area (Å²) < 4.78 is 0. The fraction of sp³-hybridized carbons (Fsp3) is 0.839. The highest BCUT2D eigenvalue weighted by Crippen LogP contribution is 2.19. The Labute approximate surface area is 791 Å². The zero-order valence-corrected chi connectivity index (χ0v) is 89.1. The van der Waals surface area contributed by atoms with E-state index in [1.807, 2.05) is 12.2 Å². The molecule has 0 aliphatic rings. The average Bonchev–Trinajstić information content (AvgIpc) is 1.34. The molecule has 0 heterocycles. The molecule has 124 heavy (non-hydrogen) atoms. The molecule has 738 valence electrons. The first-order chi connectivity index (χ1) is 61.3. The third kappa shape index (κ3) is 176. The van der Waals surface area contributed by atoms with E-state index in [9.17, 15) is 0 Å². The summed E-state index contributed by atoms with van der Waals surface area (Å²) >= 11 is 0. The lowest BCUT2D eigenvalue weighted by Crippen LogP contribution is -1.82. The fourth-order valence-electron chi connectivity index (χ4n) is 15.3. The zero-order valence-electron chi connectivity index (χ0n) is 89.1. The molecule has 0 radical (unpaired) electrons. The van der Waals surface area contributed by atoms with Crippen molar-refractivity contribution in [3.05, 3.63) is 110 Å². The van der Waals surface area contributed by atoms with Crippen molar-refractivity contribution in [3.8, 4) is 12.3 Å². The molecule has 0 heteroatoms. The zero-order chi connectivity index (χ0) is 92.4. The molecule has 0 atom stereocenters. The van der Waals surface area contributed by atoms with Crippen LogP contribution in [0.1, 0.15) is 674 Å². The summed E-state index contributed by atoms with van der Waals surface area (Å²) in [5, 5.41) is 0. The van der Waals surface area contributed by atoms with Gasteiger partial charge in [0, 0.05) is 6.42 Å². The largest absolute Gasteiger partial charge is 0.120 e. The maximum absolute atomic E-state index is 5.19. The van der Waals surface area contributed by atoms with Crippen LogP contribution in [0.25, 0.3) is 0 Å². The molecule has 0 nitrogen and oxygen atoms in total. The molecule has 0 unspecified atom stereocenters. The number of hydrogen-bond donors (Lipinski definition) is 0. The molecule has 0 aromatic heterocycles. The summed E-state index contributed by atoms with van der Waals surface area (Å²) in [7, 11) is 0. The van der Waals surface area contributed by atoms with Crippen LogP contribution in [0.3, 0.4) is 0 Å². The fourth-order valence-corrected chi connectivity index (χ4v) is 15.3. The van der Waals surface area contributed by atoms with Gasteiger partial charge < -0.3 is 0 Å². The van der Waals surface area contributed by atoms with Crippen LogP contribution in [0.5, 0.6) is 0 Å². The van der Waals surface area contributed by atoms with Gasteiger partial charge in [0.2, 0.25) is 0 Å². The Morgan fingerprint density at radius 2 is 0.274 bits per heavy atom. The topological polar surface area (TPSA) is 0 Å². The normalized spacial score (nSPS) is 11.1. The molecule has 0 aliphatic carbocycles.